The number of nitrogen functional groups attached to an aromatic ring is 1. The van der Waals surface area contributed by atoms with Crippen LogP contribution >= 0.6 is 0 Å². The molecule has 0 spiro atoms. The highest BCUT2D eigenvalue weighted by atomic mass is 32.2. The summed E-state index contributed by atoms with van der Waals surface area (Å²) < 4.78 is 23.2. The van der Waals surface area contributed by atoms with Gasteiger partial charge < -0.3 is 11.1 Å². The van der Waals surface area contributed by atoms with Crippen molar-refractivity contribution in [3.63, 3.8) is 0 Å². The zero-order chi connectivity index (χ0) is 11.6. The minimum absolute atomic E-state index is 0.242. The molecular formula is C11H16N2O2S. The number of rotatable bonds is 3. The molecule has 1 heterocycles. The van der Waals surface area contributed by atoms with E-state index in [2.05, 4.69) is 5.32 Å². The van der Waals surface area contributed by atoms with Crippen LogP contribution in [0.3, 0.4) is 0 Å². The van der Waals surface area contributed by atoms with Crippen molar-refractivity contribution in [3.8, 4) is 0 Å². The molecule has 1 aromatic rings. The second-order valence-electron chi connectivity index (χ2n) is 4.14. The van der Waals surface area contributed by atoms with Crippen molar-refractivity contribution >= 4 is 21.2 Å². The van der Waals surface area contributed by atoms with Gasteiger partial charge in [0.1, 0.15) is 0 Å². The molecule has 0 aliphatic carbocycles. The van der Waals surface area contributed by atoms with E-state index in [4.69, 9.17) is 5.73 Å². The lowest BCUT2D eigenvalue weighted by Gasteiger charge is -2.12. The smallest absolute Gasteiger partial charge is 0.154 e. The fourth-order valence-electron chi connectivity index (χ4n) is 1.97. The Morgan fingerprint density at radius 2 is 2.25 bits per heavy atom. The van der Waals surface area contributed by atoms with E-state index in [1.807, 2.05) is 18.2 Å². The molecule has 88 valence electrons. The average Bonchev–Trinajstić information content (AvgIpc) is 2.55. The number of nitrogens with two attached hydrogens (primary N) is 1. The van der Waals surface area contributed by atoms with Gasteiger partial charge in [-0.1, -0.05) is 6.07 Å². The summed E-state index contributed by atoms with van der Waals surface area (Å²) in [6.45, 7) is 0.478. The normalized spacial score (nSPS) is 23.1. The highest BCUT2D eigenvalue weighted by Crippen LogP contribution is 2.21. The molecule has 4 nitrogen and oxygen atoms in total. The SMILES string of the molecule is Nc1cccc(NCC2CCCS2(=O)=O)c1. The van der Waals surface area contributed by atoms with Crippen molar-refractivity contribution in [3.05, 3.63) is 24.3 Å². The Hall–Kier alpha value is -1.23. The van der Waals surface area contributed by atoms with Gasteiger partial charge in [0, 0.05) is 17.9 Å². The zero-order valence-electron chi connectivity index (χ0n) is 9.02. The van der Waals surface area contributed by atoms with Gasteiger partial charge in [0.25, 0.3) is 0 Å². The van der Waals surface area contributed by atoms with Gasteiger partial charge in [0.05, 0.1) is 11.0 Å². The number of benzene rings is 1. The van der Waals surface area contributed by atoms with E-state index in [1.54, 1.807) is 6.07 Å². The van der Waals surface area contributed by atoms with Gasteiger partial charge in [-0.15, -0.1) is 0 Å². The Bertz CT molecular complexity index is 471. The molecule has 5 heteroatoms. The quantitative estimate of drug-likeness (QED) is 0.780. The Kier molecular flexibility index (Phi) is 3.05. The summed E-state index contributed by atoms with van der Waals surface area (Å²) in [6.07, 6.45) is 1.54. The maximum Gasteiger partial charge on any atom is 0.154 e. The molecule has 1 aliphatic rings. The molecule has 1 fully saturated rings. The van der Waals surface area contributed by atoms with Crippen LogP contribution in [0.4, 0.5) is 11.4 Å². The van der Waals surface area contributed by atoms with E-state index < -0.39 is 9.84 Å². The molecule has 0 bridgehead atoms. The molecule has 1 aliphatic heterocycles. The van der Waals surface area contributed by atoms with Crippen LogP contribution in [0.2, 0.25) is 0 Å². The molecule has 16 heavy (non-hydrogen) atoms. The van der Waals surface area contributed by atoms with Gasteiger partial charge in [-0.05, 0) is 31.0 Å². The van der Waals surface area contributed by atoms with Crippen LogP contribution in [0.1, 0.15) is 12.8 Å². The lowest BCUT2D eigenvalue weighted by Crippen LogP contribution is -2.25. The largest absolute Gasteiger partial charge is 0.399 e. The van der Waals surface area contributed by atoms with Crippen LogP contribution in [0, 0.1) is 0 Å². The van der Waals surface area contributed by atoms with E-state index in [1.165, 1.54) is 0 Å². The van der Waals surface area contributed by atoms with E-state index in [-0.39, 0.29) is 5.25 Å². The van der Waals surface area contributed by atoms with Crippen molar-refractivity contribution in [1.29, 1.82) is 0 Å². The van der Waals surface area contributed by atoms with Crippen LogP contribution in [0.5, 0.6) is 0 Å². The van der Waals surface area contributed by atoms with Crippen LogP contribution in [-0.2, 0) is 9.84 Å². The average molecular weight is 240 g/mol. The monoisotopic (exact) mass is 240 g/mol. The lowest BCUT2D eigenvalue weighted by molar-refractivity contribution is 0.591. The molecule has 0 radical (unpaired) electrons. The van der Waals surface area contributed by atoms with Crippen LogP contribution < -0.4 is 11.1 Å². The highest BCUT2D eigenvalue weighted by molar-refractivity contribution is 7.92. The standard InChI is InChI=1S/C11H16N2O2S/c12-9-3-1-4-10(7-9)13-8-11-5-2-6-16(11,14)15/h1,3-4,7,11,13H,2,5-6,8,12H2. The Morgan fingerprint density at radius 1 is 1.44 bits per heavy atom. The molecule has 1 aromatic carbocycles. The van der Waals surface area contributed by atoms with E-state index in [0.717, 1.165) is 18.5 Å². The summed E-state index contributed by atoms with van der Waals surface area (Å²) in [5, 5.41) is 2.88. The van der Waals surface area contributed by atoms with E-state index in [0.29, 0.717) is 18.0 Å². The first-order chi connectivity index (χ1) is 7.58. The first-order valence-corrected chi connectivity index (χ1v) is 7.10. The topological polar surface area (TPSA) is 72.2 Å². The zero-order valence-corrected chi connectivity index (χ0v) is 9.83. The number of hydrogen-bond donors (Lipinski definition) is 2. The third kappa shape index (κ3) is 2.47. The maximum atomic E-state index is 11.6. The number of hydrogen-bond acceptors (Lipinski definition) is 4. The fraction of sp³-hybridized carbons (Fsp3) is 0.455. The second kappa shape index (κ2) is 4.33. The summed E-state index contributed by atoms with van der Waals surface area (Å²) in [7, 11) is -2.86. The third-order valence-electron chi connectivity index (χ3n) is 2.88. The molecule has 1 unspecified atom stereocenters. The minimum atomic E-state index is -2.86. The Labute approximate surface area is 95.8 Å². The molecule has 3 N–H and O–H groups in total. The number of sulfone groups is 1. The van der Waals surface area contributed by atoms with E-state index >= 15 is 0 Å². The molecule has 1 atom stereocenters. The molecule has 2 rings (SSSR count). The number of nitrogens with one attached hydrogen (secondary N) is 1. The van der Waals surface area contributed by atoms with E-state index in [9.17, 15) is 8.42 Å². The van der Waals surface area contributed by atoms with Gasteiger partial charge in [-0.2, -0.15) is 0 Å². The van der Waals surface area contributed by atoms with Gasteiger partial charge in [-0.25, -0.2) is 8.42 Å². The van der Waals surface area contributed by atoms with Gasteiger partial charge in [0.15, 0.2) is 9.84 Å². The van der Waals surface area contributed by atoms with Crippen molar-refractivity contribution in [2.75, 3.05) is 23.3 Å². The van der Waals surface area contributed by atoms with Crippen LogP contribution in [0.15, 0.2) is 24.3 Å². The molecule has 0 saturated carbocycles. The van der Waals surface area contributed by atoms with Crippen LogP contribution in [0.25, 0.3) is 0 Å². The summed E-state index contributed by atoms with van der Waals surface area (Å²) in [4.78, 5) is 0. The summed E-state index contributed by atoms with van der Waals surface area (Å²) in [6, 6.07) is 7.35. The predicted molar refractivity (Wildman–Crippen MR) is 66.2 cm³/mol. The summed E-state index contributed by atoms with van der Waals surface area (Å²) >= 11 is 0. The molecule has 0 amide bonds. The van der Waals surface area contributed by atoms with Gasteiger partial charge in [0.2, 0.25) is 0 Å². The third-order valence-corrected chi connectivity index (χ3v) is 5.16. The Balaban J connectivity index is 1.98. The van der Waals surface area contributed by atoms with Crippen LogP contribution in [-0.4, -0.2) is 26.0 Å². The minimum Gasteiger partial charge on any atom is -0.399 e. The molecule has 0 aromatic heterocycles. The summed E-state index contributed by atoms with van der Waals surface area (Å²) in [5.74, 6) is 0.330. The Morgan fingerprint density at radius 3 is 2.88 bits per heavy atom. The predicted octanol–water partition coefficient (Wildman–Crippen LogP) is 1.26. The maximum absolute atomic E-state index is 11.6. The molecular weight excluding hydrogens is 224 g/mol. The number of anilines is 2. The lowest BCUT2D eigenvalue weighted by atomic mass is 10.2. The van der Waals surface area contributed by atoms with Gasteiger partial charge >= 0.3 is 0 Å². The first-order valence-electron chi connectivity index (χ1n) is 5.39. The van der Waals surface area contributed by atoms with Crippen molar-refractivity contribution in [2.24, 2.45) is 0 Å². The fourth-order valence-corrected chi connectivity index (χ4v) is 3.73. The van der Waals surface area contributed by atoms with Crippen molar-refractivity contribution < 1.29 is 8.42 Å². The van der Waals surface area contributed by atoms with Crippen molar-refractivity contribution in [2.45, 2.75) is 18.1 Å². The first kappa shape index (κ1) is 11.3. The second-order valence-corrected chi connectivity index (χ2v) is 6.54. The summed E-state index contributed by atoms with van der Waals surface area (Å²) in [5.41, 5.74) is 7.19. The van der Waals surface area contributed by atoms with Crippen molar-refractivity contribution in [1.82, 2.24) is 0 Å². The molecule has 1 saturated heterocycles. The highest BCUT2D eigenvalue weighted by Gasteiger charge is 2.30. The van der Waals surface area contributed by atoms with Gasteiger partial charge in [-0.3, -0.25) is 0 Å².